The Morgan fingerprint density at radius 3 is 2.77 bits per heavy atom. The molecule has 1 atom stereocenters. The molecule has 1 aliphatic carbocycles. The Morgan fingerprint density at radius 2 is 2.14 bits per heavy atom. The summed E-state index contributed by atoms with van der Waals surface area (Å²) in [6.45, 7) is 3.60. The van der Waals surface area contributed by atoms with Crippen LogP contribution in [0.25, 0.3) is 0 Å². The van der Waals surface area contributed by atoms with Gasteiger partial charge in [-0.15, -0.1) is 0 Å². The highest BCUT2D eigenvalue weighted by Gasteiger charge is 2.27. The number of nitrogens with zero attached hydrogens (tertiary/aromatic N) is 2. The summed E-state index contributed by atoms with van der Waals surface area (Å²) in [5.74, 6) is 0.385. The number of anilines is 1. The van der Waals surface area contributed by atoms with Crippen LogP contribution in [0, 0.1) is 16.0 Å². The summed E-state index contributed by atoms with van der Waals surface area (Å²) >= 11 is 0. The van der Waals surface area contributed by atoms with E-state index >= 15 is 0 Å². The van der Waals surface area contributed by atoms with E-state index < -0.39 is 4.92 Å². The lowest BCUT2D eigenvalue weighted by Crippen LogP contribution is -2.39. The lowest BCUT2D eigenvalue weighted by molar-refractivity contribution is -0.384. The summed E-state index contributed by atoms with van der Waals surface area (Å²) in [5, 5.41) is 14.4. The Labute approximate surface area is 129 Å². The van der Waals surface area contributed by atoms with Crippen LogP contribution in [-0.2, 0) is 0 Å². The first-order valence-electron chi connectivity index (χ1n) is 7.89. The molecule has 1 aromatic rings. The zero-order valence-corrected chi connectivity index (χ0v) is 12.7. The first-order valence-corrected chi connectivity index (χ1v) is 7.89. The largest absolute Gasteiger partial charge is 0.377 e. The van der Waals surface area contributed by atoms with Crippen molar-refractivity contribution in [2.75, 3.05) is 18.4 Å². The molecular weight excluding hydrogens is 282 g/mol. The third-order valence-electron chi connectivity index (χ3n) is 4.32. The highest BCUT2D eigenvalue weighted by molar-refractivity contribution is 5.95. The number of carbonyl (C=O) groups excluding carboxylic acids is 1. The third kappa shape index (κ3) is 3.21. The van der Waals surface area contributed by atoms with Crippen molar-refractivity contribution in [1.29, 1.82) is 0 Å². The predicted octanol–water partition coefficient (Wildman–Crippen LogP) is 3.04. The Bertz CT molecular complexity index is 598. The number of likely N-dealkylation sites (tertiary alicyclic amines) is 1. The number of amides is 1. The van der Waals surface area contributed by atoms with E-state index in [1.807, 2.05) is 0 Å². The van der Waals surface area contributed by atoms with Gasteiger partial charge in [0.05, 0.1) is 4.92 Å². The van der Waals surface area contributed by atoms with Gasteiger partial charge in [-0.3, -0.25) is 14.9 Å². The number of benzene rings is 1. The molecule has 22 heavy (non-hydrogen) atoms. The topological polar surface area (TPSA) is 75.5 Å². The molecule has 6 nitrogen and oxygen atoms in total. The van der Waals surface area contributed by atoms with E-state index in [4.69, 9.17) is 0 Å². The minimum Gasteiger partial charge on any atom is -0.377 e. The smallest absolute Gasteiger partial charge is 0.293 e. The lowest BCUT2D eigenvalue weighted by atomic mass is 9.99. The van der Waals surface area contributed by atoms with Gasteiger partial charge in [0.15, 0.2) is 0 Å². The van der Waals surface area contributed by atoms with Gasteiger partial charge < -0.3 is 10.2 Å². The molecule has 1 saturated heterocycles. The molecule has 1 heterocycles. The van der Waals surface area contributed by atoms with Crippen molar-refractivity contribution in [2.24, 2.45) is 5.92 Å². The number of nitro groups is 1. The molecule has 1 unspecified atom stereocenters. The molecule has 2 aliphatic rings. The van der Waals surface area contributed by atoms with Gasteiger partial charge in [-0.1, -0.05) is 6.92 Å². The van der Waals surface area contributed by atoms with Crippen LogP contribution < -0.4 is 5.32 Å². The van der Waals surface area contributed by atoms with Crippen LogP contribution in [-0.4, -0.2) is 34.9 Å². The van der Waals surface area contributed by atoms with E-state index in [1.165, 1.54) is 6.07 Å². The molecule has 1 aliphatic heterocycles. The van der Waals surface area contributed by atoms with Crippen molar-refractivity contribution in [3.8, 4) is 0 Å². The van der Waals surface area contributed by atoms with Gasteiger partial charge in [0, 0.05) is 30.8 Å². The van der Waals surface area contributed by atoms with Crippen LogP contribution in [0.3, 0.4) is 0 Å². The third-order valence-corrected chi connectivity index (χ3v) is 4.32. The van der Waals surface area contributed by atoms with Crippen molar-refractivity contribution in [3.63, 3.8) is 0 Å². The number of carbonyl (C=O) groups is 1. The maximum absolute atomic E-state index is 12.5. The van der Waals surface area contributed by atoms with E-state index in [0.717, 1.165) is 38.8 Å². The number of nitrogens with one attached hydrogen (secondary N) is 1. The van der Waals surface area contributed by atoms with Gasteiger partial charge in [-0.25, -0.2) is 0 Å². The Morgan fingerprint density at radius 1 is 1.36 bits per heavy atom. The standard InChI is InChI=1S/C16H21N3O3/c1-11-3-2-8-18(10-11)16(20)12-4-7-14(17-13-5-6-13)15(9-12)19(21)22/h4,7,9,11,13,17H,2-3,5-6,8,10H2,1H3. The van der Waals surface area contributed by atoms with Gasteiger partial charge in [0.1, 0.15) is 5.69 Å². The molecule has 1 aromatic carbocycles. The highest BCUT2D eigenvalue weighted by Crippen LogP contribution is 2.32. The molecular formula is C16H21N3O3. The van der Waals surface area contributed by atoms with Gasteiger partial charge in [0.25, 0.3) is 11.6 Å². The van der Waals surface area contributed by atoms with Gasteiger partial charge in [-0.05, 0) is 43.7 Å². The first-order chi connectivity index (χ1) is 10.5. The SMILES string of the molecule is CC1CCCN(C(=O)c2ccc(NC3CC3)c([N+](=O)[O-])c2)C1. The molecule has 1 N–H and O–H groups in total. The minimum absolute atomic E-state index is 0.0113. The lowest BCUT2D eigenvalue weighted by Gasteiger charge is -2.31. The van der Waals surface area contributed by atoms with E-state index in [0.29, 0.717) is 23.2 Å². The van der Waals surface area contributed by atoms with E-state index in [9.17, 15) is 14.9 Å². The van der Waals surface area contributed by atoms with Crippen LogP contribution in [0.2, 0.25) is 0 Å². The van der Waals surface area contributed by atoms with Crippen LogP contribution in [0.5, 0.6) is 0 Å². The summed E-state index contributed by atoms with van der Waals surface area (Å²) in [5.41, 5.74) is 0.904. The second-order valence-corrected chi connectivity index (χ2v) is 6.41. The fourth-order valence-corrected chi connectivity index (χ4v) is 2.94. The van der Waals surface area contributed by atoms with Crippen LogP contribution in [0.1, 0.15) is 43.0 Å². The quantitative estimate of drug-likeness (QED) is 0.685. The molecule has 6 heteroatoms. The molecule has 0 spiro atoms. The second-order valence-electron chi connectivity index (χ2n) is 6.41. The molecule has 2 fully saturated rings. The van der Waals surface area contributed by atoms with E-state index in [2.05, 4.69) is 12.2 Å². The van der Waals surface area contributed by atoms with E-state index in [1.54, 1.807) is 17.0 Å². The average molecular weight is 303 g/mol. The summed E-state index contributed by atoms with van der Waals surface area (Å²) in [4.78, 5) is 25.2. The van der Waals surface area contributed by atoms with Crippen molar-refractivity contribution < 1.29 is 9.72 Å². The molecule has 1 saturated carbocycles. The minimum atomic E-state index is -0.416. The molecule has 0 aromatic heterocycles. The zero-order chi connectivity index (χ0) is 15.7. The Balaban J connectivity index is 1.82. The fraction of sp³-hybridized carbons (Fsp3) is 0.562. The zero-order valence-electron chi connectivity index (χ0n) is 12.7. The predicted molar refractivity (Wildman–Crippen MR) is 84.0 cm³/mol. The second kappa shape index (κ2) is 5.94. The van der Waals surface area contributed by atoms with Crippen molar-refractivity contribution in [2.45, 2.75) is 38.6 Å². The number of hydrogen-bond acceptors (Lipinski definition) is 4. The number of hydrogen-bond donors (Lipinski definition) is 1. The maximum atomic E-state index is 12.5. The Kier molecular flexibility index (Phi) is 4.00. The monoisotopic (exact) mass is 303 g/mol. The van der Waals surface area contributed by atoms with Crippen molar-refractivity contribution >= 4 is 17.3 Å². The normalized spacial score (nSPS) is 21.5. The van der Waals surface area contributed by atoms with Crippen LogP contribution >= 0.6 is 0 Å². The highest BCUT2D eigenvalue weighted by atomic mass is 16.6. The average Bonchev–Trinajstić information content (AvgIpc) is 3.30. The maximum Gasteiger partial charge on any atom is 0.293 e. The number of nitro benzene ring substituents is 1. The summed E-state index contributed by atoms with van der Waals surface area (Å²) in [6, 6.07) is 5.10. The van der Waals surface area contributed by atoms with E-state index in [-0.39, 0.29) is 11.6 Å². The molecule has 0 bridgehead atoms. The van der Waals surface area contributed by atoms with Crippen LogP contribution in [0.15, 0.2) is 18.2 Å². The first kappa shape index (κ1) is 14.8. The summed E-state index contributed by atoms with van der Waals surface area (Å²) in [6.07, 6.45) is 4.22. The summed E-state index contributed by atoms with van der Waals surface area (Å²) in [7, 11) is 0. The summed E-state index contributed by atoms with van der Waals surface area (Å²) < 4.78 is 0. The van der Waals surface area contributed by atoms with Gasteiger partial charge >= 0.3 is 0 Å². The van der Waals surface area contributed by atoms with Crippen molar-refractivity contribution in [3.05, 3.63) is 33.9 Å². The molecule has 1 amide bonds. The number of rotatable bonds is 4. The van der Waals surface area contributed by atoms with Gasteiger partial charge in [-0.2, -0.15) is 0 Å². The van der Waals surface area contributed by atoms with Crippen molar-refractivity contribution in [1.82, 2.24) is 4.90 Å². The molecule has 0 radical (unpaired) electrons. The molecule has 118 valence electrons. The number of piperidine rings is 1. The molecule has 3 rings (SSSR count). The fourth-order valence-electron chi connectivity index (χ4n) is 2.94. The van der Waals surface area contributed by atoms with Crippen LogP contribution in [0.4, 0.5) is 11.4 Å². The Hall–Kier alpha value is -2.11. The van der Waals surface area contributed by atoms with Gasteiger partial charge in [0.2, 0.25) is 0 Å².